The third-order valence-corrected chi connectivity index (χ3v) is 4.64. The van der Waals surface area contributed by atoms with Crippen LogP contribution >= 0.6 is 0 Å². The van der Waals surface area contributed by atoms with Crippen LogP contribution < -0.4 is 20.1 Å². The Kier molecular flexibility index (Phi) is 8.88. The van der Waals surface area contributed by atoms with Crippen LogP contribution in [-0.2, 0) is 20.5 Å². The fourth-order valence-electron chi connectivity index (χ4n) is 2.86. The number of anilines is 1. The maximum Gasteiger partial charge on any atom is 0.416 e. The Labute approximate surface area is 194 Å². The van der Waals surface area contributed by atoms with Gasteiger partial charge in [-0.25, -0.2) is 4.79 Å². The van der Waals surface area contributed by atoms with Crippen molar-refractivity contribution in [2.75, 3.05) is 26.1 Å². The van der Waals surface area contributed by atoms with Crippen molar-refractivity contribution < 1.29 is 41.8 Å². The standard InChI is InChI=1S/C23H25F3N2O6/c1-13(2)20(28-21(30)14-8-17(32-3)11-18(9-14)33-4)22(31)34-12-19(29)27-16-7-5-6-15(10-16)23(24,25)26/h5-11,13,20H,12H2,1-4H3,(H,27,29)(H,28,30)/t20-/m1/s1. The molecular weight excluding hydrogens is 457 g/mol. The summed E-state index contributed by atoms with van der Waals surface area (Å²) >= 11 is 0. The summed E-state index contributed by atoms with van der Waals surface area (Å²) in [4.78, 5) is 37.3. The van der Waals surface area contributed by atoms with Gasteiger partial charge in [0.25, 0.3) is 11.8 Å². The van der Waals surface area contributed by atoms with E-state index in [0.29, 0.717) is 11.5 Å². The van der Waals surface area contributed by atoms with Crippen molar-refractivity contribution in [2.24, 2.45) is 5.92 Å². The van der Waals surface area contributed by atoms with Crippen LogP contribution in [0.5, 0.6) is 11.5 Å². The van der Waals surface area contributed by atoms with Crippen LogP contribution in [-0.4, -0.2) is 44.7 Å². The first-order valence-electron chi connectivity index (χ1n) is 10.1. The van der Waals surface area contributed by atoms with E-state index in [9.17, 15) is 27.6 Å². The van der Waals surface area contributed by atoms with Gasteiger partial charge in [0.15, 0.2) is 6.61 Å². The van der Waals surface area contributed by atoms with Crippen LogP contribution in [0.4, 0.5) is 18.9 Å². The van der Waals surface area contributed by atoms with E-state index >= 15 is 0 Å². The van der Waals surface area contributed by atoms with E-state index < -0.39 is 48.1 Å². The van der Waals surface area contributed by atoms with E-state index in [0.717, 1.165) is 18.2 Å². The molecule has 2 amide bonds. The first kappa shape index (κ1) is 26.5. The van der Waals surface area contributed by atoms with Gasteiger partial charge in [-0.3, -0.25) is 9.59 Å². The maximum absolute atomic E-state index is 12.8. The van der Waals surface area contributed by atoms with Gasteiger partial charge in [0, 0.05) is 17.3 Å². The van der Waals surface area contributed by atoms with E-state index in [1.807, 2.05) is 0 Å². The predicted octanol–water partition coefficient (Wildman–Crippen LogP) is 3.66. The fourth-order valence-corrected chi connectivity index (χ4v) is 2.86. The number of rotatable bonds is 9. The van der Waals surface area contributed by atoms with Crippen molar-refractivity contribution in [1.29, 1.82) is 0 Å². The highest BCUT2D eigenvalue weighted by atomic mass is 19.4. The number of esters is 1. The number of nitrogens with one attached hydrogen (secondary N) is 2. The highest BCUT2D eigenvalue weighted by molar-refractivity contribution is 5.98. The van der Waals surface area contributed by atoms with E-state index in [1.165, 1.54) is 32.4 Å². The summed E-state index contributed by atoms with van der Waals surface area (Å²) in [6, 6.07) is 7.45. The number of benzene rings is 2. The van der Waals surface area contributed by atoms with Crippen molar-refractivity contribution >= 4 is 23.5 Å². The summed E-state index contributed by atoms with van der Waals surface area (Å²) in [5, 5.41) is 4.79. The Morgan fingerprint density at radius 2 is 1.59 bits per heavy atom. The third-order valence-electron chi connectivity index (χ3n) is 4.64. The minimum Gasteiger partial charge on any atom is -0.497 e. The molecule has 0 unspecified atom stereocenters. The van der Waals surface area contributed by atoms with Gasteiger partial charge in [-0.15, -0.1) is 0 Å². The van der Waals surface area contributed by atoms with Gasteiger partial charge < -0.3 is 24.8 Å². The topological polar surface area (TPSA) is 103 Å². The second-order valence-electron chi connectivity index (χ2n) is 7.53. The minimum absolute atomic E-state index is 0.100. The molecule has 0 bridgehead atoms. The molecule has 0 fully saturated rings. The summed E-state index contributed by atoms with van der Waals surface area (Å²) in [6.07, 6.45) is -4.57. The van der Waals surface area contributed by atoms with Crippen molar-refractivity contribution in [3.05, 3.63) is 53.6 Å². The summed E-state index contributed by atoms with van der Waals surface area (Å²) in [7, 11) is 2.85. The maximum atomic E-state index is 12.8. The van der Waals surface area contributed by atoms with E-state index in [2.05, 4.69) is 10.6 Å². The quantitative estimate of drug-likeness (QED) is 0.529. The number of hydrogen-bond acceptors (Lipinski definition) is 6. The fraction of sp³-hybridized carbons (Fsp3) is 0.348. The van der Waals surface area contributed by atoms with Gasteiger partial charge in [0.2, 0.25) is 0 Å². The normalized spacial score (nSPS) is 12.0. The molecule has 0 saturated carbocycles. The van der Waals surface area contributed by atoms with Crippen LogP contribution in [0.15, 0.2) is 42.5 Å². The molecule has 1 atom stereocenters. The Morgan fingerprint density at radius 3 is 2.12 bits per heavy atom. The molecule has 0 saturated heterocycles. The number of alkyl halides is 3. The molecule has 8 nitrogen and oxygen atoms in total. The van der Waals surface area contributed by atoms with E-state index in [1.54, 1.807) is 19.9 Å². The van der Waals surface area contributed by atoms with Crippen LogP contribution in [0.3, 0.4) is 0 Å². The third kappa shape index (κ3) is 7.39. The van der Waals surface area contributed by atoms with Crippen molar-refractivity contribution in [3.8, 4) is 11.5 Å². The number of hydrogen-bond donors (Lipinski definition) is 2. The summed E-state index contributed by atoms with van der Waals surface area (Å²) in [6.45, 7) is 2.59. The van der Waals surface area contributed by atoms with Crippen LogP contribution in [0, 0.1) is 5.92 Å². The van der Waals surface area contributed by atoms with Crippen molar-refractivity contribution in [3.63, 3.8) is 0 Å². The van der Waals surface area contributed by atoms with Gasteiger partial charge in [0.05, 0.1) is 19.8 Å². The molecule has 11 heteroatoms. The molecule has 0 radical (unpaired) electrons. The summed E-state index contributed by atoms with van der Waals surface area (Å²) in [5.41, 5.74) is -0.854. The molecule has 184 valence electrons. The lowest BCUT2D eigenvalue weighted by atomic mass is 10.0. The highest BCUT2D eigenvalue weighted by Crippen LogP contribution is 2.30. The zero-order valence-corrected chi connectivity index (χ0v) is 19.0. The first-order chi connectivity index (χ1) is 15.9. The van der Waals surface area contributed by atoms with Gasteiger partial charge in [0.1, 0.15) is 17.5 Å². The number of amides is 2. The summed E-state index contributed by atoms with van der Waals surface area (Å²) in [5.74, 6) is -1.95. The van der Waals surface area contributed by atoms with Crippen LogP contribution in [0.2, 0.25) is 0 Å². The Bertz CT molecular complexity index is 1020. The molecule has 2 N–H and O–H groups in total. The van der Waals surface area contributed by atoms with Gasteiger partial charge in [-0.05, 0) is 36.2 Å². The lowest BCUT2D eigenvalue weighted by molar-refractivity contribution is -0.150. The number of carbonyl (C=O) groups excluding carboxylic acids is 3. The SMILES string of the molecule is COc1cc(OC)cc(C(=O)N[C@@H](C(=O)OCC(=O)Nc2cccc(C(F)(F)F)c2)C(C)C)c1. The Morgan fingerprint density at radius 1 is 0.971 bits per heavy atom. The molecule has 2 aromatic carbocycles. The molecule has 2 aromatic rings. The smallest absolute Gasteiger partial charge is 0.416 e. The second-order valence-corrected chi connectivity index (χ2v) is 7.53. The van der Waals surface area contributed by atoms with Crippen molar-refractivity contribution in [2.45, 2.75) is 26.1 Å². The second kappa shape index (κ2) is 11.4. The molecule has 2 rings (SSSR count). The lowest BCUT2D eigenvalue weighted by Crippen LogP contribution is -2.46. The lowest BCUT2D eigenvalue weighted by Gasteiger charge is -2.21. The molecule has 0 aliphatic rings. The molecule has 0 spiro atoms. The van der Waals surface area contributed by atoms with Gasteiger partial charge >= 0.3 is 12.1 Å². The van der Waals surface area contributed by atoms with E-state index in [4.69, 9.17) is 14.2 Å². The Hall–Kier alpha value is -3.76. The molecule has 0 aliphatic heterocycles. The largest absolute Gasteiger partial charge is 0.497 e. The summed E-state index contributed by atoms with van der Waals surface area (Å²) < 4.78 is 53.7. The number of methoxy groups -OCH3 is 2. The Balaban J connectivity index is 2.01. The highest BCUT2D eigenvalue weighted by Gasteiger charge is 2.31. The van der Waals surface area contributed by atoms with Gasteiger partial charge in [-0.1, -0.05) is 19.9 Å². The number of ether oxygens (including phenoxy) is 3. The molecule has 0 aromatic heterocycles. The minimum atomic E-state index is -4.57. The van der Waals surface area contributed by atoms with Crippen LogP contribution in [0.1, 0.15) is 29.8 Å². The molecule has 0 heterocycles. The number of halogens is 3. The average molecular weight is 482 g/mol. The first-order valence-corrected chi connectivity index (χ1v) is 10.1. The zero-order chi connectivity index (χ0) is 25.5. The van der Waals surface area contributed by atoms with Crippen LogP contribution in [0.25, 0.3) is 0 Å². The average Bonchev–Trinajstić information content (AvgIpc) is 2.79. The molecule has 0 aliphatic carbocycles. The van der Waals surface area contributed by atoms with Crippen molar-refractivity contribution in [1.82, 2.24) is 5.32 Å². The molecule has 34 heavy (non-hydrogen) atoms. The zero-order valence-electron chi connectivity index (χ0n) is 19.0. The van der Waals surface area contributed by atoms with E-state index in [-0.39, 0.29) is 11.3 Å². The predicted molar refractivity (Wildman–Crippen MR) is 117 cm³/mol. The monoisotopic (exact) mass is 482 g/mol. The molecular formula is C23H25F3N2O6. The van der Waals surface area contributed by atoms with Gasteiger partial charge in [-0.2, -0.15) is 13.2 Å². The number of carbonyl (C=O) groups is 3.